The normalized spacial score (nSPS) is 16.8. The first-order valence-corrected chi connectivity index (χ1v) is 10.1. The van der Waals surface area contributed by atoms with E-state index in [9.17, 15) is 14.9 Å². The van der Waals surface area contributed by atoms with Crippen molar-refractivity contribution in [2.75, 3.05) is 24.5 Å². The van der Waals surface area contributed by atoms with Gasteiger partial charge in [0.25, 0.3) is 4.92 Å². The van der Waals surface area contributed by atoms with E-state index in [2.05, 4.69) is 22.1 Å². The molecule has 1 aliphatic heterocycles. The molecule has 0 aliphatic carbocycles. The lowest BCUT2D eigenvalue weighted by Crippen LogP contribution is -2.49. The molecular weight excluding hydrogens is 398 g/mol. The zero-order valence-corrected chi connectivity index (χ0v) is 17.2. The summed E-state index contributed by atoms with van der Waals surface area (Å²) in [4.78, 5) is 30.7. The molecule has 0 amide bonds. The average Bonchev–Trinajstić information content (AvgIpc) is 3.15. The molecule has 0 saturated carbocycles. The molecule has 0 radical (unpaired) electrons. The number of hydrogen-bond donors (Lipinski definition) is 2. The van der Waals surface area contributed by atoms with Crippen LogP contribution in [0.3, 0.4) is 0 Å². The van der Waals surface area contributed by atoms with Crippen molar-refractivity contribution in [2.45, 2.75) is 19.9 Å². The lowest BCUT2D eigenvalue weighted by Gasteiger charge is -2.33. The van der Waals surface area contributed by atoms with Gasteiger partial charge in [0.2, 0.25) is 5.65 Å². The molecule has 158 valence electrons. The lowest BCUT2D eigenvalue weighted by molar-refractivity contribution is -0.729. The largest absolute Gasteiger partial charge is 0.422 e. The summed E-state index contributed by atoms with van der Waals surface area (Å²) in [5.41, 5.74) is 2.70. The molecule has 3 aromatic heterocycles. The number of aromatic nitrogens is 2. The number of hydrogen-bond acceptors (Lipinski definition) is 6. The maximum Gasteiger partial charge on any atom is 0.359 e. The number of piperazine rings is 1. The zero-order valence-electron chi connectivity index (χ0n) is 17.2. The molecule has 9 heteroatoms. The van der Waals surface area contributed by atoms with Gasteiger partial charge in [-0.2, -0.15) is 0 Å². The Morgan fingerprint density at radius 1 is 1.26 bits per heavy atom. The number of fused-ring (bicyclic) bond motifs is 2. The van der Waals surface area contributed by atoms with E-state index >= 15 is 0 Å². The van der Waals surface area contributed by atoms with E-state index in [4.69, 9.17) is 4.42 Å². The van der Waals surface area contributed by atoms with Crippen LogP contribution in [0.15, 0.2) is 51.9 Å². The Hall–Kier alpha value is -3.72. The van der Waals surface area contributed by atoms with Crippen molar-refractivity contribution in [1.29, 1.82) is 0 Å². The van der Waals surface area contributed by atoms with Gasteiger partial charge in [-0.25, -0.2) is 15.0 Å². The van der Waals surface area contributed by atoms with Crippen molar-refractivity contribution in [2.24, 2.45) is 0 Å². The molecule has 1 aliphatic rings. The van der Waals surface area contributed by atoms with Crippen molar-refractivity contribution in [3.63, 3.8) is 0 Å². The molecule has 5 rings (SSSR count). The monoisotopic (exact) mass is 420 g/mol. The molecule has 4 heterocycles. The van der Waals surface area contributed by atoms with Crippen LogP contribution in [0.1, 0.15) is 12.5 Å². The second-order valence-corrected chi connectivity index (χ2v) is 8.00. The molecule has 2 N–H and O–H groups in total. The summed E-state index contributed by atoms with van der Waals surface area (Å²) in [6.07, 6.45) is 3.41. The molecule has 1 fully saturated rings. The minimum absolute atomic E-state index is 0.00585. The number of nitrogens with one attached hydrogen (secondary N) is 1. The number of pyridine rings is 1. The van der Waals surface area contributed by atoms with Gasteiger partial charge in [-0.1, -0.05) is 0 Å². The molecule has 1 aromatic carbocycles. The van der Waals surface area contributed by atoms with E-state index in [-0.39, 0.29) is 16.3 Å². The third kappa shape index (κ3) is 3.42. The Morgan fingerprint density at radius 2 is 2.10 bits per heavy atom. The van der Waals surface area contributed by atoms with Gasteiger partial charge in [-0.05, 0) is 37.6 Å². The maximum atomic E-state index is 12.8. The van der Waals surface area contributed by atoms with Crippen LogP contribution in [-0.4, -0.2) is 45.2 Å². The fraction of sp³-hybridized carbons (Fsp3) is 0.273. The minimum Gasteiger partial charge on any atom is -0.422 e. The van der Waals surface area contributed by atoms with Gasteiger partial charge in [0.15, 0.2) is 0 Å². The summed E-state index contributed by atoms with van der Waals surface area (Å²) in [6.45, 7) is 6.63. The first kappa shape index (κ1) is 19.3. The van der Waals surface area contributed by atoms with Crippen LogP contribution >= 0.6 is 0 Å². The first-order chi connectivity index (χ1) is 14.9. The van der Waals surface area contributed by atoms with E-state index in [1.165, 1.54) is 6.07 Å². The van der Waals surface area contributed by atoms with Crippen LogP contribution in [0, 0.1) is 11.8 Å². The van der Waals surface area contributed by atoms with Gasteiger partial charge in [0, 0.05) is 61.3 Å². The molecule has 1 atom stereocenters. The van der Waals surface area contributed by atoms with Crippen molar-refractivity contribution >= 4 is 28.0 Å². The van der Waals surface area contributed by atoms with E-state index in [0.717, 1.165) is 36.3 Å². The Kier molecular flexibility index (Phi) is 4.48. The van der Waals surface area contributed by atoms with Gasteiger partial charge < -0.3 is 19.0 Å². The van der Waals surface area contributed by atoms with Crippen molar-refractivity contribution < 1.29 is 14.5 Å². The first-order valence-electron chi connectivity index (χ1n) is 10.1. The highest BCUT2D eigenvalue weighted by molar-refractivity contribution is 5.84. The summed E-state index contributed by atoms with van der Waals surface area (Å²) in [5.74, 6) is 0. The van der Waals surface area contributed by atoms with Gasteiger partial charge in [-0.15, -0.1) is 0 Å². The predicted octanol–water partition coefficient (Wildman–Crippen LogP) is 3.01. The van der Waals surface area contributed by atoms with Crippen molar-refractivity contribution in [3.05, 3.63) is 63.6 Å². The van der Waals surface area contributed by atoms with E-state index in [0.29, 0.717) is 22.9 Å². The van der Waals surface area contributed by atoms with Crippen LogP contribution in [0.5, 0.6) is 0 Å². The molecule has 4 aromatic rings. The highest BCUT2D eigenvalue weighted by Gasteiger charge is 2.23. The molecule has 0 bridgehead atoms. The average molecular weight is 420 g/mol. The second-order valence-electron chi connectivity index (χ2n) is 8.00. The summed E-state index contributed by atoms with van der Waals surface area (Å²) in [6, 6.07) is 9.52. The highest BCUT2D eigenvalue weighted by Crippen LogP contribution is 2.28. The van der Waals surface area contributed by atoms with Gasteiger partial charge in [0.05, 0.1) is 16.2 Å². The number of anilines is 1. The number of benzene rings is 1. The Bertz CT molecular complexity index is 1390. The number of nitrogens with zero attached hydrogens (tertiary/aromatic N) is 4. The number of rotatable bonds is 3. The SMILES string of the molecule is Cc1cc([N+](=O)O)c2nc(-c3cc4ccc(N5CCN[C@@H](C)C5)cc4oc3=O)cn2c1. The zero-order chi connectivity index (χ0) is 21.7. The Morgan fingerprint density at radius 3 is 2.87 bits per heavy atom. The maximum absolute atomic E-state index is 12.8. The summed E-state index contributed by atoms with van der Waals surface area (Å²) in [5, 5.41) is 13.6. The summed E-state index contributed by atoms with van der Waals surface area (Å²) < 4.78 is 7.24. The molecule has 0 unspecified atom stereocenters. The van der Waals surface area contributed by atoms with Gasteiger partial charge in [0.1, 0.15) is 5.58 Å². The van der Waals surface area contributed by atoms with Crippen LogP contribution < -0.4 is 15.8 Å². The van der Waals surface area contributed by atoms with Gasteiger partial charge >= 0.3 is 11.3 Å². The molecular formula is C22H22N5O4+. The molecule has 9 nitrogen and oxygen atoms in total. The standard InChI is InChI=1S/C22H22N5O4/c1-13-7-19(27(29)30)21-24-18(12-26(21)10-13)17-8-15-3-4-16(9-20(15)31-22(17)28)25-6-5-23-14(2)11-25/h3-4,7-10,12,14,23H,5-6,11H2,1-2H3,(H,29,30)/q+1/t14-/m0/s1. The molecule has 0 spiro atoms. The number of imidazole rings is 1. The van der Waals surface area contributed by atoms with Crippen LogP contribution in [0.25, 0.3) is 27.9 Å². The highest BCUT2D eigenvalue weighted by atomic mass is 16.6. The van der Waals surface area contributed by atoms with Crippen LogP contribution in [-0.2, 0) is 0 Å². The van der Waals surface area contributed by atoms with E-state index in [1.54, 1.807) is 29.8 Å². The summed E-state index contributed by atoms with van der Waals surface area (Å²) in [7, 11) is 0. The fourth-order valence-corrected chi connectivity index (χ4v) is 4.13. The van der Waals surface area contributed by atoms with Crippen molar-refractivity contribution in [3.8, 4) is 11.3 Å². The minimum atomic E-state index is -0.511. The lowest BCUT2D eigenvalue weighted by atomic mass is 10.1. The molecule has 31 heavy (non-hydrogen) atoms. The number of aryl methyl sites for hydroxylation is 1. The van der Waals surface area contributed by atoms with E-state index < -0.39 is 5.63 Å². The summed E-state index contributed by atoms with van der Waals surface area (Å²) >= 11 is 0. The Labute approximate surface area is 177 Å². The third-order valence-electron chi connectivity index (χ3n) is 5.60. The quantitative estimate of drug-likeness (QED) is 0.388. The van der Waals surface area contributed by atoms with Crippen LogP contribution in [0.2, 0.25) is 0 Å². The third-order valence-corrected chi connectivity index (χ3v) is 5.60. The second kappa shape index (κ2) is 7.21. The van der Waals surface area contributed by atoms with Crippen molar-refractivity contribution in [1.82, 2.24) is 14.7 Å². The topological polar surface area (TPSA) is 103 Å². The fourth-order valence-electron chi connectivity index (χ4n) is 4.13. The smallest absolute Gasteiger partial charge is 0.359 e. The van der Waals surface area contributed by atoms with Crippen LogP contribution in [0.4, 0.5) is 11.4 Å². The van der Waals surface area contributed by atoms with E-state index in [1.807, 2.05) is 18.2 Å². The molecule has 1 saturated heterocycles. The predicted molar refractivity (Wildman–Crippen MR) is 116 cm³/mol. The van der Waals surface area contributed by atoms with Gasteiger partial charge in [-0.3, -0.25) is 0 Å². The Balaban J connectivity index is 1.59.